The first-order valence-corrected chi connectivity index (χ1v) is 7.70. The highest BCUT2D eigenvalue weighted by Crippen LogP contribution is 2.24. The van der Waals surface area contributed by atoms with Crippen LogP contribution < -0.4 is 10.7 Å². The average Bonchev–Trinajstić information content (AvgIpc) is 2.78. The zero-order chi connectivity index (χ0) is 15.4. The molecule has 0 saturated heterocycles. The van der Waals surface area contributed by atoms with Gasteiger partial charge in [-0.25, -0.2) is 4.98 Å². The molecule has 0 saturated carbocycles. The van der Waals surface area contributed by atoms with Gasteiger partial charge >= 0.3 is 0 Å². The summed E-state index contributed by atoms with van der Waals surface area (Å²) in [5, 5.41) is 3.94. The number of pyridine rings is 1. The fourth-order valence-corrected chi connectivity index (χ4v) is 3.00. The highest BCUT2D eigenvalue weighted by Gasteiger charge is 2.17. The summed E-state index contributed by atoms with van der Waals surface area (Å²) in [5.74, 6) is -0.0870. The first kappa shape index (κ1) is 15.4. The van der Waals surface area contributed by atoms with Gasteiger partial charge in [-0.05, 0) is 20.3 Å². The molecule has 21 heavy (non-hydrogen) atoms. The van der Waals surface area contributed by atoms with E-state index < -0.39 is 0 Å². The van der Waals surface area contributed by atoms with Crippen molar-refractivity contribution in [3.05, 3.63) is 50.3 Å². The van der Waals surface area contributed by atoms with Crippen LogP contribution in [0.2, 0.25) is 0 Å². The van der Waals surface area contributed by atoms with Gasteiger partial charge in [-0.2, -0.15) is 0 Å². The molecule has 2 heterocycles. The number of amides is 1. The molecule has 1 N–H and O–H groups in total. The Morgan fingerprint density at radius 3 is 2.57 bits per heavy atom. The van der Waals surface area contributed by atoms with Crippen LogP contribution in [0.3, 0.4) is 0 Å². The first-order chi connectivity index (χ1) is 9.99. The summed E-state index contributed by atoms with van der Waals surface area (Å²) < 4.78 is 1.68. The SMILES string of the molecule is CCC(NC(=O)Cn1ccc(=O)cc1)c1nc(C)c(C)s1. The lowest BCUT2D eigenvalue weighted by atomic mass is 10.2. The molecular weight excluding hydrogens is 286 g/mol. The van der Waals surface area contributed by atoms with Gasteiger partial charge in [0.2, 0.25) is 5.91 Å². The van der Waals surface area contributed by atoms with E-state index in [1.54, 1.807) is 28.3 Å². The molecule has 0 fully saturated rings. The molecule has 0 aliphatic heterocycles. The number of aromatic nitrogens is 2. The summed E-state index contributed by atoms with van der Waals surface area (Å²) in [6.07, 6.45) is 4.02. The predicted octanol–water partition coefficient (Wildman–Crippen LogP) is 2.19. The third-order valence-corrected chi connectivity index (χ3v) is 4.46. The number of carbonyl (C=O) groups excluding carboxylic acids is 1. The fourth-order valence-electron chi connectivity index (χ4n) is 1.94. The van der Waals surface area contributed by atoms with E-state index in [4.69, 9.17) is 0 Å². The molecule has 6 heteroatoms. The van der Waals surface area contributed by atoms with Crippen LogP contribution in [0.5, 0.6) is 0 Å². The molecule has 0 aliphatic rings. The lowest BCUT2D eigenvalue weighted by Gasteiger charge is -2.15. The van der Waals surface area contributed by atoms with Crippen LogP contribution >= 0.6 is 11.3 Å². The van der Waals surface area contributed by atoms with Crippen LogP contribution in [-0.4, -0.2) is 15.5 Å². The van der Waals surface area contributed by atoms with Gasteiger partial charge in [0.15, 0.2) is 5.43 Å². The van der Waals surface area contributed by atoms with E-state index in [2.05, 4.69) is 10.3 Å². The molecule has 1 unspecified atom stereocenters. The minimum Gasteiger partial charge on any atom is -0.345 e. The van der Waals surface area contributed by atoms with Gasteiger partial charge in [-0.15, -0.1) is 11.3 Å². The van der Waals surface area contributed by atoms with E-state index in [0.29, 0.717) is 0 Å². The number of aryl methyl sites for hydroxylation is 2. The largest absolute Gasteiger partial charge is 0.345 e. The fraction of sp³-hybridized carbons (Fsp3) is 0.400. The first-order valence-electron chi connectivity index (χ1n) is 6.89. The molecule has 0 aliphatic carbocycles. The van der Waals surface area contributed by atoms with E-state index in [1.807, 2.05) is 20.8 Å². The summed E-state index contributed by atoms with van der Waals surface area (Å²) in [6.45, 7) is 6.23. The van der Waals surface area contributed by atoms with Crippen molar-refractivity contribution >= 4 is 17.2 Å². The van der Waals surface area contributed by atoms with Crippen LogP contribution in [0.1, 0.15) is 35.0 Å². The van der Waals surface area contributed by atoms with Gasteiger partial charge in [0.05, 0.1) is 11.7 Å². The second kappa shape index (κ2) is 6.67. The van der Waals surface area contributed by atoms with E-state index in [9.17, 15) is 9.59 Å². The van der Waals surface area contributed by atoms with Gasteiger partial charge in [0, 0.05) is 29.4 Å². The minimum atomic E-state index is -0.0870. The van der Waals surface area contributed by atoms with Gasteiger partial charge in [-0.3, -0.25) is 9.59 Å². The van der Waals surface area contributed by atoms with Gasteiger partial charge in [0.25, 0.3) is 0 Å². The predicted molar refractivity (Wildman–Crippen MR) is 83.5 cm³/mol. The quantitative estimate of drug-likeness (QED) is 0.921. The maximum atomic E-state index is 12.1. The van der Waals surface area contributed by atoms with Crippen LogP contribution in [0.15, 0.2) is 29.3 Å². The Morgan fingerprint density at radius 2 is 2.05 bits per heavy atom. The third-order valence-electron chi connectivity index (χ3n) is 3.27. The lowest BCUT2D eigenvalue weighted by Crippen LogP contribution is -2.31. The summed E-state index contributed by atoms with van der Waals surface area (Å²) in [5.41, 5.74) is 0.954. The Labute approximate surface area is 127 Å². The van der Waals surface area contributed by atoms with E-state index in [-0.39, 0.29) is 23.9 Å². The van der Waals surface area contributed by atoms with Gasteiger partial charge in [-0.1, -0.05) is 6.92 Å². The molecular formula is C15H19N3O2S. The molecule has 112 valence electrons. The van der Waals surface area contributed by atoms with Gasteiger partial charge < -0.3 is 9.88 Å². The molecule has 1 atom stereocenters. The number of hydrogen-bond acceptors (Lipinski definition) is 4. The summed E-state index contributed by atoms with van der Waals surface area (Å²) in [6, 6.07) is 2.82. The average molecular weight is 305 g/mol. The van der Waals surface area contributed by atoms with Crippen LogP contribution in [0, 0.1) is 13.8 Å². The van der Waals surface area contributed by atoms with Crippen LogP contribution in [0.25, 0.3) is 0 Å². The number of carbonyl (C=O) groups is 1. The second-order valence-corrected chi connectivity index (χ2v) is 6.16. The van der Waals surface area contributed by atoms with E-state index in [0.717, 1.165) is 17.1 Å². The number of rotatable bonds is 5. The van der Waals surface area contributed by atoms with Gasteiger partial charge in [0.1, 0.15) is 11.6 Å². The normalized spacial score (nSPS) is 12.1. The molecule has 0 spiro atoms. The Hall–Kier alpha value is -1.95. The molecule has 2 rings (SSSR count). The zero-order valence-corrected chi connectivity index (χ0v) is 13.2. The molecule has 0 radical (unpaired) electrons. The summed E-state index contributed by atoms with van der Waals surface area (Å²) in [7, 11) is 0. The number of nitrogens with zero attached hydrogens (tertiary/aromatic N) is 2. The third kappa shape index (κ3) is 4.01. The van der Waals surface area contributed by atoms with Crippen molar-refractivity contribution in [2.45, 2.75) is 39.8 Å². The molecule has 2 aromatic heterocycles. The lowest BCUT2D eigenvalue weighted by molar-refractivity contribution is -0.122. The minimum absolute atomic E-state index is 0.0609. The second-order valence-electron chi connectivity index (χ2n) is 4.93. The molecule has 0 bridgehead atoms. The van der Waals surface area contributed by atoms with Crippen molar-refractivity contribution in [3.63, 3.8) is 0 Å². The van der Waals surface area contributed by atoms with Crippen molar-refractivity contribution in [2.24, 2.45) is 0 Å². The molecule has 0 aromatic carbocycles. The monoisotopic (exact) mass is 305 g/mol. The number of nitrogens with one attached hydrogen (secondary N) is 1. The Bertz CT molecular complexity index is 650. The summed E-state index contributed by atoms with van der Waals surface area (Å²) >= 11 is 1.62. The van der Waals surface area contributed by atoms with Crippen molar-refractivity contribution in [3.8, 4) is 0 Å². The standard InChI is InChI=1S/C15H19N3O2S/c1-4-13(15-16-10(2)11(3)21-15)17-14(20)9-18-7-5-12(19)6-8-18/h5-8,13H,4,9H2,1-3H3,(H,17,20). The maximum Gasteiger partial charge on any atom is 0.240 e. The summed E-state index contributed by atoms with van der Waals surface area (Å²) in [4.78, 5) is 28.8. The van der Waals surface area contributed by atoms with Crippen molar-refractivity contribution in [2.75, 3.05) is 0 Å². The van der Waals surface area contributed by atoms with Crippen LogP contribution in [0.4, 0.5) is 0 Å². The molecule has 2 aromatic rings. The van der Waals surface area contributed by atoms with Crippen LogP contribution in [-0.2, 0) is 11.3 Å². The maximum absolute atomic E-state index is 12.1. The Balaban J connectivity index is 2.02. The molecule has 1 amide bonds. The van der Waals surface area contributed by atoms with Crippen molar-refractivity contribution in [1.82, 2.24) is 14.9 Å². The highest BCUT2D eigenvalue weighted by atomic mass is 32.1. The highest BCUT2D eigenvalue weighted by molar-refractivity contribution is 7.11. The number of thiazole rings is 1. The van der Waals surface area contributed by atoms with E-state index >= 15 is 0 Å². The molecule has 5 nitrogen and oxygen atoms in total. The van der Waals surface area contributed by atoms with Crippen molar-refractivity contribution in [1.29, 1.82) is 0 Å². The number of hydrogen-bond donors (Lipinski definition) is 1. The zero-order valence-electron chi connectivity index (χ0n) is 12.4. The Morgan fingerprint density at radius 1 is 1.38 bits per heavy atom. The Kier molecular flexibility index (Phi) is 4.90. The topological polar surface area (TPSA) is 64.0 Å². The smallest absolute Gasteiger partial charge is 0.240 e. The van der Waals surface area contributed by atoms with Crippen molar-refractivity contribution < 1.29 is 4.79 Å². The van der Waals surface area contributed by atoms with E-state index in [1.165, 1.54) is 17.0 Å².